The molecular formula is C11H22N2O2. The fraction of sp³-hybridized carbons (Fsp3) is 0.909. The molecule has 1 fully saturated rings. The van der Waals surface area contributed by atoms with E-state index in [1.54, 1.807) is 4.90 Å². The van der Waals surface area contributed by atoms with Crippen LogP contribution in [0.1, 0.15) is 20.8 Å². The summed E-state index contributed by atoms with van der Waals surface area (Å²) in [7, 11) is 1.83. The smallest absolute Gasteiger partial charge is 0.248 e. The largest absolute Gasteiger partial charge is 0.363 e. The van der Waals surface area contributed by atoms with Crippen molar-refractivity contribution in [3.8, 4) is 0 Å². The summed E-state index contributed by atoms with van der Waals surface area (Å²) in [6, 6.07) is 0. The predicted octanol–water partition coefficient (Wildman–Crippen LogP) is 0.479. The van der Waals surface area contributed by atoms with Crippen molar-refractivity contribution in [1.29, 1.82) is 0 Å². The summed E-state index contributed by atoms with van der Waals surface area (Å²) in [6.45, 7) is 8.89. The first-order chi connectivity index (χ1) is 6.93. The summed E-state index contributed by atoms with van der Waals surface area (Å²) in [5.74, 6) is 0.566. The molecule has 0 unspecified atom stereocenters. The van der Waals surface area contributed by atoms with Crippen LogP contribution in [-0.2, 0) is 9.53 Å². The van der Waals surface area contributed by atoms with Gasteiger partial charge in [-0.25, -0.2) is 0 Å². The van der Waals surface area contributed by atoms with Gasteiger partial charge in [0.15, 0.2) is 0 Å². The van der Waals surface area contributed by atoms with Gasteiger partial charge < -0.3 is 15.0 Å². The van der Waals surface area contributed by atoms with Gasteiger partial charge >= 0.3 is 0 Å². The SMILES string of the molecule is CC(C)CN(C)C(=O)COC1(C)CNC1. The molecule has 4 nitrogen and oxygen atoms in total. The van der Waals surface area contributed by atoms with E-state index in [-0.39, 0.29) is 18.1 Å². The van der Waals surface area contributed by atoms with Crippen LogP contribution in [-0.4, -0.2) is 49.7 Å². The molecule has 0 bridgehead atoms. The van der Waals surface area contributed by atoms with E-state index >= 15 is 0 Å². The monoisotopic (exact) mass is 214 g/mol. The molecule has 88 valence electrons. The van der Waals surface area contributed by atoms with Gasteiger partial charge in [-0.3, -0.25) is 4.79 Å². The molecule has 0 aromatic carbocycles. The van der Waals surface area contributed by atoms with Gasteiger partial charge in [-0.15, -0.1) is 0 Å². The van der Waals surface area contributed by atoms with Crippen LogP contribution in [0.4, 0.5) is 0 Å². The number of carbonyl (C=O) groups excluding carboxylic acids is 1. The van der Waals surface area contributed by atoms with Crippen molar-refractivity contribution in [3.63, 3.8) is 0 Å². The lowest BCUT2D eigenvalue weighted by Crippen LogP contribution is -2.59. The highest BCUT2D eigenvalue weighted by molar-refractivity contribution is 5.77. The van der Waals surface area contributed by atoms with Crippen molar-refractivity contribution in [2.24, 2.45) is 5.92 Å². The van der Waals surface area contributed by atoms with E-state index in [1.807, 2.05) is 14.0 Å². The van der Waals surface area contributed by atoms with Gasteiger partial charge in [-0.1, -0.05) is 13.8 Å². The summed E-state index contributed by atoms with van der Waals surface area (Å²) >= 11 is 0. The summed E-state index contributed by atoms with van der Waals surface area (Å²) in [5.41, 5.74) is -0.131. The number of nitrogens with zero attached hydrogens (tertiary/aromatic N) is 1. The average molecular weight is 214 g/mol. The number of likely N-dealkylation sites (N-methyl/N-ethyl adjacent to an activating group) is 1. The molecule has 0 spiro atoms. The van der Waals surface area contributed by atoms with Gasteiger partial charge in [0.1, 0.15) is 6.61 Å². The van der Waals surface area contributed by atoms with Gasteiger partial charge in [0.25, 0.3) is 0 Å². The Morgan fingerprint density at radius 2 is 2.13 bits per heavy atom. The fourth-order valence-electron chi connectivity index (χ4n) is 1.57. The minimum Gasteiger partial charge on any atom is -0.363 e. The first-order valence-electron chi connectivity index (χ1n) is 5.51. The third kappa shape index (κ3) is 3.80. The van der Waals surface area contributed by atoms with Crippen LogP contribution >= 0.6 is 0 Å². The van der Waals surface area contributed by atoms with Crippen molar-refractivity contribution in [2.75, 3.05) is 33.3 Å². The Kier molecular flexibility index (Phi) is 4.11. The quantitative estimate of drug-likeness (QED) is 0.724. The van der Waals surface area contributed by atoms with E-state index in [9.17, 15) is 4.79 Å². The van der Waals surface area contributed by atoms with Gasteiger partial charge in [-0.05, 0) is 12.8 Å². The summed E-state index contributed by atoms with van der Waals surface area (Å²) in [4.78, 5) is 13.4. The number of hydrogen-bond acceptors (Lipinski definition) is 3. The second kappa shape index (κ2) is 4.94. The molecule has 1 aliphatic heterocycles. The molecule has 0 saturated carbocycles. The lowest BCUT2D eigenvalue weighted by molar-refractivity contribution is -0.145. The molecular weight excluding hydrogens is 192 g/mol. The molecule has 4 heteroatoms. The molecule has 1 rings (SSSR count). The second-order valence-electron chi connectivity index (χ2n) is 5.01. The van der Waals surface area contributed by atoms with E-state index in [1.165, 1.54) is 0 Å². The molecule has 1 amide bonds. The molecule has 0 aromatic rings. The molecule has 0 atom stereocenters. The zero-order valence-electron chi connectivity index (χ0n) is 10.2. The Hall–Kier alpha value is -0.610. The fourth-order valence-corrected chi connectivity index (χ4v) is 1.57. The minimum absolute atomic E-state index is 0.0665. The van der Waals surface area contributed by atoms with Crippen molar-refractivity contribution in [3.05, 3.63) is 0 Å². The number of ether oxygens (including phenoxy) is 1. The van der Waals surface area contributed by atoms with Crippen molar-refractivity contribution in [1.82, 2.24) is 10.2 Å². The Morgan fingerprint density at radius 1 is 1.53 bits per heavy atom. The number of amides is 1. The molecule has 0 aromatic heterocycles. The van der Waals surface area contributed by atoms with E-state index < -0.39 is 0 Å². The maximum absolute atomic E-state index is 11.6. The number of carbonyl (C=O) groups is 1. The Labute approximate surface area is 92.0 Å². The maximum Gasteiger partial charge on any atom is 0.248 e. The van der Waals surface area contributed by atoms with Crippen LogP contribution in [0.5, 0.6) is 0 Å². The summed E-state index contributed by atoms with van der Waals surface area (Å²) in [6.07, 6.45) is 0. The van der Waals surface area contributed by atoms with E-state index in [0.29, 0.717) is 5.92 Å². The van der Waals surface area contributed by atoms with Gasteiger partial charge in [-0.2, -0.15) is 0 Å². The molecule has 1 aliphatic rings. The number of nitrogens with one attached hydrogen (secondary N) is 1. The molecule has 15 heavy (non-hydrogen) atoms. The topological polar surface area (TPSA) is 41.6 Å². The van der Waals surface area contributed by atoms with Gasteiger partial charge in [0, 0.05) is 26.7 Å². The molecule has 1 heterocycles. The van der Waals surface area contributed by atoms with Crippen molar-refractivity contribution >= 4 is 5.91 Å². The van der Waals surface area contributed by atoms with Gasteiger partial charge in [0.05, 0.1) is 5.60 Å². The zero-order valence-corrected chi connectivity index (χ0v) is 10.2. The van der Waals surface area contributed by atoms with E-state index in [4.69, 9.17) is 4.74 Å². The lowest BCUT2D eigenvalue weighted by atomic mass is 10.0. The zero-order chi connectivity index (χ0) is 11.5. The van der Waals surface area contributed by atoms with Crippen LogP contribution in [0, 0.1) is 5.92 Å². The highest BCUT2D eigenvalue weighted by atomic mass is 16.5. The van der Waals surface area contributed by atoms with Crippen molar-refractivity contribution in [2.45, 2.75) is 26.4 Å². The Bertz CT molecular complexity index is 225. The Balaban J connectivity index is 2.23. The molecule has 0 radical (unpaired) electrons. The minimum atomic E-state index is -0.131. The molecule has 0 aliphatic carbocycles. The van der Waals surface area contributed by atoms with Crippen LogP contribution in [0.3, 0.4) is 0 Å². The third-order valence-electron chi connectivity index (χ3n) is 2.61. The predicted molar refractivity (Wildman–Crippen MR) is 59.7 cm³/mol. The van der Waals surface area contributed by atoms with E-state index in [2.05, 4.69) is 19.2 Å². The maximum atomic E-state index is 11.6. The first-order valence-corrected chi connectivity index (χ1v) is 5.51. The average Bonchev–Trinajstić information content (AvgIpc) is 2.10. The highest BCUT2D eigenvalue weighted by Gasteiger charge is 2.33. The molecule has 1 N–H and O–H groups in total. The normalized spacial score (nSPS) is 18.7. The van der Waals surface area contributed by atoms with E-state index in [0.717, 1.165) is 19.6 Å². The number of rotatable bonds is 5. The van der Waals surface area contributed by atoms with Crippen LogP contribution in [0.2, 0.25) is 0 Å². The number of hydrogen-bond donors (Lipinski definition) is 1. The van der Waals surface area contributed by atoms with Gasteiger partial charge in [0.2, 0.25) is 5.91 Å². The summed E-state index contributed by atoms with van der Waals surface area (Å²) in [5, 5.41) is 3.14. The third-order valence-corrected chi connectivity index (χ3v) is 2.61. The molecule has 1 saturated heterocycles. The first kappa shape index (κ1) is 12.5. The van der Waals surface area contributed by atoms with Crippen LogP contribution in [0.25, 0.3) is 0 Å². The lowest BCUT2D eigenvalue weighted by Gasteiger charge is -2.39. The standard InChI is InChI=1S/C11H22N2O2/c1-9(2)5-13(4)10(14)6-15-11(3)7-12-8-11/h9,12H,5-8H2,1-4H3. The van der Waals surface area contributed by atoms with Crippen LogP contribution < -0.4 is 5.32 Å². The van der Waals surface area contributed by atoms with Crippen LogP contribution in [0.15, 0.2) is 0 Å². The highest BCUT2D eigenvalue weighted by Crippen LogP contribution is 2.15. The Morgan fingerprint density at radius 3 is 2.53 bits per heavy atom. The van der Waals surface area contributed by atoms with Crippen molar-refractivity contribution < 1.29 is 9.53 Å². The summed E-state index contributed by atoms with van der Waals surface area (Å²) < 4.78 is 5.58. The second-order valence-corrected chi connectivity index (χ2v) is 5.01.